The molecule has 112 heavy (non-hydrogen) atoms. The second kappa shape index (κ2) is 806. The Labute approximate surface area is 2760 Å². The fourth-order valence-electron chi connectivity index (χ4n) is 0. The molecule has 81 radical (unpaired) electrons. The van der Waals surface area contributed by atoms with E-state index in [1.807, 2.05) is 55.4 Å². The van der Waals surface area contributed by atoms with Gasteiger partial charge in [-0.3, -0.25) is 0 Å². The van der Waals surface area contributed by atoms with Crippen LogP contribution in [0.4, 0.5) is 0 Å². The minimum Gasteiger partial charge on any atom is -0.584 e. The molecule has 0 fully saturated rings. The Morgan fingerprint density at radius 1 is 0.0982 bits per heavy atom. The van der Waals surface area contributed by atoms with E-state index in [0.717, 1.165) is 0 Å². The second-order valence-electron chi connectivity index (χ2n) is 4.33. The number of hydrogen-bond acceptors (Lipinski definition) is 0. The molecule has 459 valence electrons. The van der Waals surface area contributed by atoms with Crippen LogP contribution in [-0.4, -0.2) is 0 Å². The van der Waals surface area contributed by atoms with Crippen molar-refractivity contribution in [3.63, 3.8) is 0 Å². The molecule has 0 saturated carbocycles. The van der Waals surface area contributed by atoms with Gasteiger partial charge in [0.25, 0.3) is 0 Å². The van der Waals surface area contributed by atoms with E-state index >= 15 is 0 Å². The average Bonchev–Trinajstić information content (AvgIpc) is 2.56. The van der Waals surface area contributed by atoms with E-state index in [0.29, 0.717) is 0 Å². The molecule has 0 aromatic rings. The van der Waals surface area contributed by atoms with E-state index in [-0.39, 0.29) is 2690 Å². The van der Waals surface area contributed by atoms with Crippen molar-refractivity contribution < 1.29 is 2650 Å². The van der Waals surface area contributed by atoms with Crippen LogP contribution in [0.25, 0.3) is 0 Å². The molecule has 0 saturated heterocycles. The summed E-state index contributed by atoms with van der Waals surface area (Å²) in [5.74, 6) is 0. The van der Waals surface area contributed by atoms with Gasteiger partial charge >= 0.3 is 0 Å². The summed E-state index contributed by atoms with van der Waals surface area (Å²) in [7, 11) is 0. The molecule has 0 aliphatic rings. The monoisotopic (exact) mass is 7660 g/mol. The van der Waals surface area contributed by atoms with Gasteiger partial charge in [-0.05, 0) is 0 Å². The number of rotatable bonds is 0. The minimum atomic E-state index is -0.500. The third-order valence-electron chi connectivity index (χ3n) is 0. The quantitative estimate of drug-likeness (QED) is 0.212. The molecule has 0 N–H and O–H groups in total. The van der Waals surface area contributed by atoms with Crippen LogP contribution < -0.4 is 0 Å². The Morgan fingerprint density at radius 3 is 0.0982 bits per heavy atom. The van der Waals surface area contributed by atoms with E-state index in [4.69, 9.17) is 0 Å². The van der Waals surface area contributed by atoms with Gasteiger partial charge in [-0.15, -0.1) is 0 Å². The summed E-state index contributed by atoms with van der Waals surface area (Å²) in [4.78, 5) is 0. The fourth-order valence-corrected chi connectivity index (χ4v) is 0. The Morgan fingerprint density at radius 2 is 0.0982 bits per heavy atom. The Kier molecular flexibility index (Phi) is 5240. The summed E-state index contributed by atoms with van der Waals surface area (Å²) in [6.45, 7) is 46.8. The summed E-state index contributed by atoms with van der Waals surface area (Å²) in [6, 6.07) is 0. The molecule has 0 nitrogen and oxygen atoms in total. The molecule has 0 aromatic heterocycles. The van der Waals surface area contributed by atoms with Crippen molar-refractivity contribution in [1.82, 2.24) is 0 Å². The van der Waals surface area contributed by atoms with Gasteiger partial charge in [-0.1, -0.05) is 136 Å². The predicted octanol–water partition coefficient (Wildman–Crippen LogP) is 13.6. The average molecular weight is 7660 g/mol. The van der Waals surface area contributed by atoms with Crippen LogP contribution in [0.2, 0.25) is 0 Å². The Balaban J connectivity index is -0.000000000250. The first-order valence-corrected chi connectivity index (χ1v) is 11.1. The zero-order valence-corrected chi connectivity index (χ0v) is 305. The molecule has 0 amide bonds. The molecule has 0 aliphatic carbocycles. The summed E-state index contributed by atoms with van der Waals surface area (Å²) >= 11 is 0. The van der Waals surface area contributed by atoms with Gasteiger partial charge in [0, 0.05) is 2650 Å². The van der Waals surface area contributed by atoms with E-state index in [1.165, 1.54) is 25.7 Å². The normalized spacial score (nSPS) is 1.39. The first-order chi connectivity index (χ1) is 11.7. The van der Waals surface area contributed by atoms with Crippen LogP contribution >= 0.6 is 0 Å². The Bertz CT molecular complexity index is 138. The van der Waals surface area contributed by atoms with Gasteiger partial charge in [-0.2, -0.15) is 0 Å². The zero-order valence-electron chi connectivity index (χ0n) is 74.9. The third-order valence-corrected chi connectivity index (χ3v) is 0. The van der Waals surface area contributed by atoms with Crippen molar-refractivity contribution in [2.24, 2.45) is 5.41 Å². The molecule has 0 bridgehead atoms. The van der Waals surface area contributed by atoms with Gasteiger partial charge in [0.2, 0.25) is 0 Å². The van der Waals surface area contributed by atoms with Crippen molar-refractivity contribution in [3.8, 4) is 0 Å². The maximum atomic E-state index is 3.44. The summed E-state index contributed by atoms with van der Waals surface area (Å²) < 4.78 is 0. The molecule has 0 aliphatic heterocycles. The summed E-state index contributed by atoms with van der Waals surface area (Å²) in [6.07, 6.45) is 5.00. The van der Waals surface area contributed by atoms with Crippen LogP contribution in [0.1, 0.15) is 136 Å². The molecule has 0 atom stereocenters. The standard InChI is InChI=1S/C5H8.4C3H8.4C2H6.6CH3.81Y/c1-5(2,3)4;4*1-3-2;4*1-2;;;;;;;;;;;;;;;;;;;;;;;;;;;;;;;;;;;;;;;;;;;;;;;;;;;;;;;;;;;;;;;;;;;;;;;;;;;;;;;;;;;;;;;/h1-4H2;4*3H2,1-2H3;4*1-2H3;6*1H3;;;;;;;;;;;;;;;;;;;;;;;;;;;;;;;;;;;;;;;;;;;;;;;;;;;;;;;;;;;;;;;;;;;;;;;;;;;;;;;;;/q-4;;;;;;;;;6*-1;;;;;;;;;;;;;;;;;;;;;;;;;;;;;;;;;;;;;;;;;;;;;;;;;;;;;;;;;;;;;;;;;;;;;;;;;;;;;;;;;. The second-order valence-corrected chi connectivity index (χ2v) is 4.33. The summed E-state index contributed by atoms with van der Waals surface area (Å²) in [5.41, 5.74) is -0.500. The van der Waals surface area contributed by atoms with Crippen molar-refractivity contribution in [2.45, 2.75) is 136 Å². The molecule has 0 rings (SSSR count). The van der Waals surface area contributed by atoms with Crippen molar-refractivity contribution in [2.75, 3.05) is 0 Å². The van der Waals surface area contributed by atoms with Crippen LogP contribution in [0.15, 0.2) is 0 Å². The molecule has 0 unspecified atom stereocenters. The SMILES string of the molecule is CC.CC.CC.CC.CCC.CCC.CCC.CCC.[CH2-]C([CH2-])([CH2-])[CH2-].[CH3-].[CH3-].[CH3-].[CH3-].[CH3-].[CH3-].[Y].[Y].[Y].[Y].[Y].[Y].[Y].[Y].[Y].[Y].[Y].[Y].[Y].[Y].[Y].[Y].[Y].[Y].[Y].[Y].[Y].[Y].[Y].[Y].[Y].[Y].[Y].[Y].[Y].[Y].[Y].[Y].[Y].[Y].[Y].[Y].[Y].[Y].[Y].[Y].[Y].[Y].[Y].[Y].[Y].[Y].[Y].[Y].[Y].[Y].[Y].[Y].[Y].[Y].[Y].[Y].[Y].[Y].[Y].[Y].[Y].[Y].[Y].[Y].[Y].[Y].[Y].[Y].[Y].[Y].[Y].[Y].[Y].[Y].[Y].[Y].[Y].[Y].[Y].[Y].[Y]. The Hall–Kier alpha value is 89.4. The van der Waals surface area contributed by atoms with E-state index < -0.39 is 5.41 Å². The van der Waals surface area contributed by atoms with Gasteiger partial charge in [0.05, 0.1) is 0 Å². The van der Waals surface area contributed by atoms with E-state index in [2.05, 4.69) is 83.1 Å². The van der Waals surface area contributed by atoms with Gasteiger partial charge in [-0.25, -0.2) is 0 Å². The van der Waals surface area contributed by atoms with Crippen molar-refractivity contribution >= 4 is 0 Å². The summed E-state index contributed by atoms with van der Waals surface area (Å²) in [5, 5.41) is 0. The van der Waals surface area contributed by atoms with Gasteiger partial charge in [0.15, 0.2) is 0 Å². The van der Waals surface area contributed by atoms with Crippen molar-refractivity contribution in [3.05, 3.63) is 72.3 Å². The third kappa shape index (κ3) is 982. The van der Waals surface area contributed by atoms with E-state index in [9.17, 15) is 0 Å². The van der Waals surface area contributed by atoms with E-state index in [1.54, 1.807) is 0 Å². The molecule has 0 aromatic carbocycles. The minimum absolute atomic E-state index is 0. The van der Waals surface area contributed by atoms with Crippen LogP contribution in [0.3, 0.4) is 0 Å². The molecule has 81 heteroatoms. The van der Waals surface area contributed by atoms with Gasteiger partial charge < -0.3 is 77.7 Å². The smallest absolute Gasteiger partial charge is 0 e. The maximum absolute atomic E-state index is 3.44. The first kappa shape index (κ1) is 728. The maximum Gasteiger partial charge on any atom is 0 e. The topological polar surface area (TPSA) is 0 Å². The van der Waals surface area contributed by atoms with Gasteiger partial charge in [0.1, 0.15) is 0 Å². The molecule has 0 spiro atoms. The van der Waals surface area contributed by atoms with Crippen molar-refractivity contribution in [1.29, 1.82) is 0 Å². The predicted molar refractivity (Wildman–Crippen MR) is 172 cm³/mol. The molecular formula is C31H82Y81-10. The fraction of sp³-hybridized carbons (Fsp3) is 0.677. The largest absolute Gasteiger partial charge is 0.584 e. The zero-order chi connectivity index (χ0) is 23.3. The van der Waals surface area contributed by atoms with Crippen LogP contribution in [0.5, 0.6) is 0 Å². The molecule has 0 heterocycles. The first-order valence-electron chi connectivity index (χ1n) is 11.1. The van der Waals surface area contributed by atoms with Crippen LogP contribution in [-0.2, 0) is 2650 Å². The van der Waals surface area contributed by atoms with Crippen LogP contribution in [0, 0.1) is 77.7 Å². The molecular weight excluding hydrogens is 7570 g/mol. The number of hydrogen-bond donors (Lipinski definition) is 0.